The molecule has 1 fully saturated rings. The van der Waals surface area contributed by atoms with E-state index in [0.717, 1.165) is 0 Å². The lowest BCUT2D eigenvalue weighted by Crippen LogP contribution is -2.49. The number of likely N-dealkylation sites (N-methyl/N-ethyl adjacent to an activating group) is 1. The van der Waals surface area contributed by atoms with Crippen LogP contribution < -0.4 is 0 Å². The zero-order valence-electron chi connectivity index (χ0n) is 8.81. The number of hydrogen-bond donors (Lipinski definition) is 1. The number of carboxylic acid groups (broad SMARTS) is 1. The Kier molecular flexibility index (Phi) is 4.36. The van der Waals surface area contributed by atoms with Crippen LogP contribution in [0.25, 0.3) is 0 Å². The maximum atomic E-state index is 11.8. The molecule has 2 amide bonds. The first kappa shape index (κ1) is 11.8. The van der Waals surface area contributed by atoms with Crippen molar-refractivity contribution in [2.45, 2.75) is 6.92 Å². The molecule has 1 aliphatic rings. The average Bonchev–Trinajstić information content (AvgIpc) is 2.26. The van der Waals surface area contributed by atoms with Crippen molar-refractivity contribution in [3.63, 3.8) is 0 Å². The molecular weight excluding hydrogens is 200 g/mol. The largest absolute Gasteiger partial charge is 0.480 e. The van der Waals surface area contributed by atoms with E-state index in [-0.39, 0.29) is 12.6 Å². The van der Waals surface area contributed by atoms with Gasteiger partial charge in [-0.15, -0.1) is 0 Å². The standard InChI is InChI=1S/C9H16N2O4/c1-2-10(7-8(12)13)9(14)11-3-5-15-6-4-11/h2-7H2,1H3,(H,12,13). The number of nitrogens with zero attached hydrogens (tertiary/aromatic N) is 2. The van der Waals surface area contributed by atoms with Crippen molar-refractivity contribution >= 4 is 12.0 Å². The highest BCUT2D eigenvalue weighted by atomic mass is 16.5. The van der Waals surface area contributed by atoms with Crippen molar-refractivity contribution in [3.8, 4) is 0 Å². The van der Waals surface area contributed by atoms with Gasteiger partial charge >= 0.3 is 12.0 Å². The number of amides is 2. The molecule has 0 aromatic heterocycles. The van der Waals surface area contributed by atoms with Crippen LogP contribution in [-0.2, 0) is 9.53 Å². The summed E-state index contributed by atoms with van der Waals surface area (Å²) in [5, 5.41) is 8.63. The first-order valence-electron chi connectivity index (χ1n) is 4.98. The first-order valence-corrected chi connectivity index (χ1v) is 4.98. The van der Waals surface area contributed by atoms with Gasteiger partial charge in [-0.05, 0) is 6.92 Å². The third-order valence-corrected chi connectivity index (χ3v) is 2.26. The van der Waals surface area contributed by atoms with E-state index in [1.807, 2.05) is 0 Å². The average molecular weight is 216 g/mol. The Balaban J connectivity index is 2.50. The van der Waals surface area contributed by atoms with Crippen molar-refractivity contribution in [1.82, 2.24) is 9.80 Å². The van der Waals surface area contributed by atoms with E-state index >= 15 is 0 Å². The number of rotatable bonds is 3. The fraction of sp³-hybridized carbons (Fsp3) is 0.778. The van der Waals surface area contributed by atoms with Crippen LogP contribution in [0.3, 0.4) is 0 Å². The Morgan fingerprint density at radius 2 is 2.00 bits per heavy atom. The third kappa shape index (κ3) is 3.39. The maximum Gasteiger partial charge on any atom is 0.323 e. The number of carboxylic acids is 1. The second-order valence-electron chi connectivity index (χ2n) is 3.29. The lowest BCUT2D eigenvalue weighted by atomic mass is 10.4. The molecule has 0 aromatic carbocycles. The number of urea groups is 1. The summed E-state index contributed by atoms with van der Waals surface area (Å²) in [5.74, 6) is -0.988. The van der Waals surface area contributed by atoms with Crippen LogP contribution in [0.1, 0.15) is 6.92 Å². The molecule has 1 aliphatic heterocycles. The first-order chi connectivity index (χ1) is 7.15. The summed E-state index contributed by atoms with van der Waals surface area (Å²) in [6.45, 7) is 4.05. The van der Waals surface area contributed by atoms with Crippen LogP contribution in [-0.4, -0.2) is 66.3 Å². The SMILES string of the molecule is CCN(CC(=O)O)C(=O)N1CCOCC1. The van der Waals surface area contributed by atoms with E-state index in [9.17, 15) is 9.59 Å². The van der Waals surface area contributed by atoms with Gasteiger partial charge in [-0.25, -0.2) is 4.79 Å². The molecule has 0 unspecified atom stereocenters. The fourth-order valence-corrected chi connectivity index (χ4v) is 1.43. The molecule has 6 heteroatoms. The van der Waals surface area contributed by atoms with E-state index in [2.05, 4.69) is 0 Å². The smallest absolute Gasteiger partial charge is 0.323 e. The lowest BCUT2D eigenvalue weighted by Gasteiger charge is -2.31. The number of carbonyl (C=O) groups is 2. The number of morpholine rings is 1. The zero-order valence-corrected chi connectivity index (χ0v) is 8.81. The predicted octanol–water partition coefficient (Wildman–Crippen LogP) is -0.155. The fourth-order valence-electron chi connectivity index (χ4n) is 1.43. The molecule has 0 bridgehead atoms. The van der Waals surface area contributed by atoms with Crippen molar-refractivity contribution in [2.75, 3.05) is 39.4 Å². The van der Waals surface area contributed by atoms with Gasteiger partial charge in [0.05, 0.1) is 13.2 Å². The molecule has 1 heterocycles. The maximum absolute atomic E-state index is 11.8. The van der Waals surface area contributed by atoms with Crippen molar-refractivity contribution < 1.29 is 19.4 Å². The summed E-state index contributed by atoms with van der Waals surface area (Å²) in [6, 6.07) is -0.219. The minimum atomic E-state index is -0.988. The summed E-state index contributed by atoms with van der Waals surface area (Å²) in [5.41, 5.74) is 0. The number of ether oxygens (including phenoxy) is 1. The molecule has 1 saturated heterocycles. The molecule has 1 N–H and O–H groups in total. The molecule has 0 atom stereocenters. The van der Waals surface area contributed by atoms with Crippen molar-refractivity contribution in [2.24, 2.45) is 0 Å². The molecule has 0 aromatic rings. The third-order valence-electron chi connectivity index (χ3n) is 2.26. The second-order valence-corrected chi connectivity index (χ2v) is 3.29. The summed E-state index contributed by atoms with van der Waals surface area (Å²) < 4.78 is 5.12. The Bertz CT molecular complexity index is 238. The Labute approximate surface area is 88.4 Å². The van der Waals surface area contributed by atoms with Crippen LogP contribution in [0.5, 0.6) is 0 Å². The van der Waals surface area contributed by atoms with E-state index < -0.39 is 5.97 Å². The highest BCUT2D eigenvalue weighted by Gasteiger charge is 2.22. The van der Waals surface area contributed by atoms with E-state index in [0.29, 0.717) is 32.8 Å². The van der Waals surface area contributed by atoms with E-state index in [1.165, 1.54) is 4.90 Å². The second kappa shape index (κ2) is 5.55. The van der Waals surface area contributed by atoms with Gasteiger partial charge < -0.3 is 19.6 Å². The normalized spacial score (nSPS) is 16.2. The molecule has 0 aliphatic carbocycles. The van der Waals surface area contributed by atoms with Crippen molar-refractivity contribution in [3.05, 3.63) is 0 Å². The van der Waals surface area contributed by atoms with Crippen molar-refractivity contribution in [1.29, 1.82) is 0 Å². The summed E-state index contributed by atoms with van der Waals surface area (Å²) >= 11 is 0. The van der Waals surface area contributed by atoms with Gasteiger partial charge in [-0.2, -0.15) is 0 Å². The molecule has 1 rings (SSSR count). The topological polar surface area (TPSA) is 70.1 Å². The highest BCUT2D eigenvalue weighted by Crippen LogP contribution is 2.02. The van der Waals surface area contributed by atoms with Gasteiger partial charge in [-0.1, -0.05) is 0 Å². The van der Waals surface area contributed by atoms with Gasteiger partial charge in [-0.3, -0.25) is 4.79 Å². The van der Waals surface area contributed by atoms with Gasteiger partial charge in [0.15, 0.2) is 0 Å². The van der Waals surface area contributed by atoms with Crippen LogP contribution in [0.4, 0.5) is 4.79 Å². The summed E-state index contributed by atoms with van der Waals surface area (Å²) in [6.07, 6.45) is 0. The summed E-state index contributed by atoms with van der Waals surface area (Å²) in [7, 11) is 0. The van der Waals surface area contributed by atoms with Crippen LogP contribution >= 0.6 is 0 Å². The predicted molar refractivity (Wildman–Crippen MR) is 52.7 cm³/mol. The van der Waals surface area contributed by atoms with E-state index in [4.69, 9.17) is 9.84 Å². The highest BCUT2D eigenvalue weighted by molar-refractivity contribution is 5.80. The summed E-state index contributed by atoms with van der Waals surface area (Å²) in [4.78, 5) is 25.3. The molecule has 6 nitrogen and oxygen atoms in total. The minimum Gasteiger partial charge on any atom is -0.480 e. The Morgan fingerprint density at radius 1 is 1.40 bits per heavy atom. The molecule has 86 valence electrons. The number of aliphatic carboxylic acids is 1. The van der Waals surface area contributed by atoms with Gasteiger partial charge in [0.2, 0.25) is 0 Å². The molecule has 0 spiro atoms. The van der Waals surface area contributed by atoms with Crippen LogP contribution in [0, 0.1) is 0 Å². The Hall–Kier alpha value is -1.30. The zero-order chi connectivity index (χ0) is 11.3. The minimum absolute atomic E-state index is 0.219. The Morgan fingerprint density at radius 3 is 2.47 bits per heavy atom. The number of carbonyl (C=O) groups excluding carboxylic acids is 1. The van der Waals surface area contributed by atoms with Gasteiger partial charge in [0.25, 0.3) is 0 Å². The molecule has 15 heavy (non-hydrogen) atoms. The van der Waals surface area contributed by atoms with Gasteiger partial charge in [0, 0.05) is 19.6 Å². The van der Waals surface area contributed by atoms with Crippen LogP contribution in [0.15, 0.2) is 0 Å². The van der Waals surface area contributed by atoms with Crippen LogP contribution in [0.2, 0.25) is 0 Å². The molecule has 0 radical (unpaired) electrons. The van der Waals surface area contributed by atoms with E-state index in [1.54, 1.807) is 11.8 Å². The monoisotopic (exact) mass is 216 g/mol. The molecular formula is C9H16N2O4. The lowest BCUT2D eigenvalue weighted by molar-refractivity contribution is -0.137. The molecule has 0 saturated carbocycles. The van der Waals surface area contributed by atoms with Gasteiger partial charge in [0.1, 0.15) is 6.54 Å². The number of hydrogen-bond acceptors (Lipinski definition) is 3. The quantitative estimate of drug-likeness (QED) is 0.712.